The van der Waals surface area contributed by atoms with E-state index in [1.54, 1.807) is 25.1 Å². The number of ether oxygens (including phenoxy) is 2. The third kappa shape index (κ3) is 2.44. The third-order valence-corrected chi connectivity index (χ3v) is 4.21. The van der Waals surface area contributed by atoms with Gasteiger partial charge < -0.3 is 9.47 Å². The largest absolute Gasteiger partial charge is 0.486 e. The minimum absolute atomic E-state index is 0.281. The smallest absolute Gasteiger partial charge is 0.296 e. The zero-order valence-electron chi connectivity index (χ0n) is 11.1. The number of rotatable bonds is 3. The molecule has 0 saturated carbocycles. The van der Waals surface area contributed by atoms with Gasteiger partial charge in [-0.3, -0.25) is 4.57 Å². The lowest BCUT2D eigenvalue weighted by atomic mass is 10.1. The number of para-hydroxylation sites is 1. The van der Waals surface area contributed by atoms with Gasteiger partial charge in [0.2, 0.25) is 0 Å². The molecule has 112 valence electrons. The molecule has 0 radical (unpaired) electrons. The van der Waals surface area contributed by atoms with Crippen molar-refractivity contribution in [3.63, 3.8) is 0 Å². The number of halogens is 1. The van der Waals surface area contributed by atoms with Crippen molar-refractivity contribution in [2.24, 2.45) is 0 Å². The van der Waals surface area contributed by atoms with Crippen molar-refractivity contribution in [1.29, 1.82) is 0 Å². The molecule has 9 heteroatoms. The lowest BCUT2D eigenvalue weighted by molar-refractivity contribution is 0.172. The maximum Gasteiger partial charge on any atom is 0.296 e. The zero-order chi connectivity index (χ0) is 15.0. The molecular weight excluding hydrogens is 318 g/mol. The van der Waals surface area contributed by atoms with Crippen LogP contribution in [0.5, 0.6) is 11.5 Å². The molecule has 0 atom stereocenters. The highest BCUT2D eigenvalue weighted by atomic mass is 35.7. The van der Waals surface area contributed by atoms with Gasteiger partial charge in [-0.05, 0) is 19.1 Å². The first-order chi connectivity index (χ1) is 10.0. The Bertz CT molecular complexity index is 788. The molecule has 0 spiro atoms. The second-order valence-corrected chi connectivity index (χ2v) is 6.78. The molecule has 0 bridgehead atoms. The minimum atomic E-state index is -3.96. The highest BCUT2D eigenvalue weighted by molar-refractivity contribution is 8.13. The molecule has 1 aliphatic heterocycles. The summed E-state index contributed by atoms with van der Waals surface area (Å²) in [7, 11) is 1.42. The van der Waals surface area contributed by atoms with Crippen LogP contribution in [0, 0.1) is 0 Å². The first-order valence-corrected chi connectivity index (χ1v) is 8.60. The summed E-state index contributed by atoms with van der Waals surface area (Å²) in [5.74, 6) is 1.50. The number of nitrogens with zero attached hydrogens (tertiary/aromatic N) is 3. The van der Waals surface area contributed by atoms with E-state index in [1.165, 1.54) is 4.57 Å². The predicted molar refractivity (Wildman–Crippen MR) is 75.2 cm³/mol. The van der Waals surface area contributed by atoms with E-state index < -0.39 is 9.05 Å². The van der Waals surface area contributed by atoms with Gasteiger partial charge in [0, 0.05) is 17.2 Å². The molecule has 0 saturated heterocycles. The molecule has 2 aromatic rings. The Morgan fingerprint density at radius 1 is 1.29 bits per heavy atom. The Morgan fingerprint density at radius 2 is 2.05 bits per heavy atom. The van der Waals surface area contributed by atoms with Gasteiger partial charge in [0.1, 0.15) is 13.2 Å². The molecule has 2 heterocycles. The highest BCUT2D eigenvalue weighted by Crippen LogP contribution is 2.39. The van der Waals surface area contributed by atoms with E-state index in [-0.39, 0.29) is 5.16 Å². The van der Waals surface area contributed by atoms with Crippen LogP contribution in [0.25, 0.3) is 11.4 Å². The monoisotopic (exact) mass is 329 g/mol. The van der Waals surface area contributed by atoms with Gasteiger partial charge in [-0.1, -0.05) is 6.07 Å². The van der Waals surface area contributed by atoms with Gasteiger partial charge in [0.15, 0.2) is 17.3 Å². The summed E-state index contributed by atoms with van der Waals surface area (Å²) >= 11 is 0. The average molecular weight is 330 g/mol. The molecule has 0 amide bonds. The molecule has 3 rings (SSSR count). The summed E-state index contributed by atoms with van der Waals surface area (Å²) in [5, 5.41) is 7.34. The Morgan fingerprint density at radius 3 is 2.76 bits per heavy atom. The molecule has 0 N–H and O–H groups in total. The van der Waals surface area contributed by atoms with Crippen LogP contribution in [-0.4, -0.2) is 36.4 Å². The molecule has 0 unspecified atom stereocenters. The minimum Gasteiger partial charge on any atom is -0.486 e. The molecule has 0 fully saturated rings. The normalized spacial score (nSPS) is 14.2. The first kappa shape index (κ1) is 14.2. The van der Waals surface area contributed by atoms with Crippen LogP contribution in [0.1, 0.15) is 6.92 Å². The van der Waals surface area contributed by atoms with Crippen LogP contribution >= 0.6 is 10.7 Å². The van der Waals surface area contributed by atoms with Crippen LogP contribution in [-0.2, 0) is 15.6 Å². The van der Waals surface area contributed by atoms with Crippen molar-refractivity contribution in [3.8, 4) is 22.9 Å². The van der Waals surface area contributed by atoms with Crippen LogP contribution in [0.3, 0.4) is 0 Å². The molecule has 21 heavy (non-hydrogen) atoms. The number of benzene rings is 1. The summed E-state index contributed by atoms with van der Waals surface area (Å²) in [6.45, 7) is 3.03. The fourth-order valence-corrected chi connectivity index (χ4v) is 3.16. The van der Waals surface area contributed by atoms with Gasteiger partial charge in [0.05, 0.1) is 5.56 Å². The second kappa shape index (κ2) is 5.19. The van der Waals surface area contributed by atoms with Crippen molar-refractivity contribution in [2.75, 3.05) is 13.2 Å². The van der Waals surface area contributed by atoms with Gasteiger partial charge in [-0.2, -0.15) is 0 Å². The van der Waals surface area contributed by atoms with E-state index in [0.717, 1.165) is 0 Å². The fourth-order valence-electron chi connectivity index (χ4n) is 2.20. The van der Waals surface area contributed by atoms with E-state index >= 15 is 0 Å². The van der Waals surface area contributed by atoms with E-state index in [1.807, 2.05) is 0 Å². The predicted octanol–water partition coefficient (Wildman–Crippen LogP) is 1.66. The van der Waals surface area contributed by atoms with Gasteiger partial charge in [-0.15, -0.1) is 10.2 Å². The van der Waals surface area contributed by atoms with E-state index in [0.29, 0.717) is 42.6 Å². The fraction of sp³-hybridized carbons (Fsp3) is 0.333. The van der Waals surface area contributed by atoms with Crippen molar-refractivity contribution in [3.05, 3.63) is 18.2 Å². The topological polar surface area (TPSA) is 83.3 Å². The summed E-state index contributed by atoms with van der Waals surface area (Å²) in [6.07, 6.45) is 0. The second-order valence-electron chi connectivity index (χ2n) is 4.32. The third-order valence-electron chi connectivity index (χ3n) is 3.06. The maximum absolute atomic E-state index is 11.5. The molecule has 7 nitrogen and oxygen atoms in total. The van der Waals surface area contributed by atoms with Crippen molar-refractivity contribution >= 4 is 19.7 Å². The summed E-state index contributed by atoms with van der Waals surface area (Å²) < 4.78 is 35.6. The number of aromatic nitrogens is 3. The molecular formula is C12H12ClN3O4S. The molecule has 1 aromatic carbocycles. The standard InChI is InChI=1S/C12H12ClN3O4S/c1-2-16-11(14-15-12(16)21(13,17)18)8-4-3-5-9-10(8)20-7-6-19-9/h3-5H,2,6-7H2,1H3. The van der Waals surface area contributed by atoms with Gasteiger partial charge in [0.25, 0.3) is 14.2 Å². The molecule has 1 aromatic heterocycles. The number of hydrogen-bond donors (Lipinski definition) is 0. The van der Waals surface area contributed by atoms with Crippen molar-refractivity contribution in [1.82, 2.24) is 14.8 Å². The summed E-state index contributed by atoms with van der Waals surface area (Å²) in [5.41, 5.74) is 0.619. The number of fused-ring (bicyclic) bond motifs is 1. The first-order valence-electron chi connectivity index (χ1n) is 6.29. The number of hydrogen-bond acceptors (Lipinski definition) is 6. The van der Waals surface area contributed by atoms with E-state index in [4.69, 9.17) is 20.2 Å². The Kier molecular flexibility index (Phi) is 3.50. The van der Waals surface area contributed by atoms with Crippen LogP contribution in [0.4, 0.5) is 0 Å². The van der Waals surface area contributed by atoms with Crippen LogP contribution in [0.15, 0.2) is 23.4 Å². The maximum atomic E-state index is 11.5. The van der Waals surface area contributed by atoms with Crippen molar-refractivity contribution < 1.29 is 17.9 Å². The van der Waals surface area contributed by atoms with Crippen LogP contribution < -0.4 is 9.47 Å². The summed E-state index contributed by atoms with van der Waals surface area (Å²) in [6, 6.07) is 5.34. The Labute approximate surface area is 125 Å². The lowest BCUT2D eigenvalue weighted by Crippen LogP contribution is -2.16. The average Bonchev–Trinajstić information content (AvgIpc) is 2.90. The molecule has 0 aliphatic carbocycles. The van der Waals surface area contributed by atoms with Gasteiger partial charge in [-0.25, -0.2) is 8.42 Å². The Hall–Kier alpha value is -1.80. The molecule has 1 aliphatic rings. The SMILES string of the molecule is CCn1c(-c2cccc3c2OCCO3)nnc1S(=O)(=O)Cl. The van der Waals surface area contributed by atoms with Gasteiger partial charge >= 0.3 is 0 Å². The highest BCUT2D eigenvalue weighted by Gasteiger charge is 2.26. The van der Waals surface area contributed by atoms with Crippen molar-refractivity contribution in [2.45, 2.75) is 18.6 Å². The van der Waals surface area contributed by atoms with E-state index in [2.05, 4.69) is 10.2 Å². The summed E-state index contributed by atoms with van der Waals surface area (Å²) in [4.78, 5) is 0. The quantitative estimate of drug-likeness (QED) is 0.796. The zero-order valence-corrected chi connectivity index (χ0v) is 12.7. The lowest BCUT2D eigenvalue weighted by Gasteiger charge is -2.20. The Balaban J connectivity index is 2.20. The van der Waals surface area contributed by atoms with Crippen LogP contribution in [0.2, 0.25) is 0 Å². The van der Waals surface area contributed by atoms with E-state index in [9.17, 15) is 8.42 Å².